The lowest BCUT2D eigenvalue weighted by Gasteiger charge is -2.33. The smallest absolute Gasteiger partial charge is 0.129 e. The first-order valence-corrected chi connectivity index (χ1v) is 8.37. The van der Waals surface area contributed by atoms with Crippen LogP contribution in [0.25, 0.3) is 0 Å². The molecule has 2 fully saturated rings. The fourth-order valence-electron chi connectivity index (χ4n) is 3.93. The minimum absolute atomic E-state index is 0.386. The van der Waals surface area contributed by atoms with Crippen LogP contribution in [-0.2, 0) is 6.42 Å². The molecule has 1 saturated heterocycles. The van der Waals surface area contributed by atoms with Crippen LogP contribution in [-0.4, -0.2) is 24.5 Å². The second-order valence-corrected chi connectivity index (χ2v) is 6.83. The van der Waals surface area contributed by atoms with Gasteiger partial charge < -0.3 is 4.90 Å². The van der Waals surface area contributed by atoms with Crippen LogP contribution in [0.15, 0.2) is 18.2 Å². The van der Waals surface area contributed by atoms with Gasteiger partial charge in [-0.25, -0.2) is 8.78 Å². The number of rotatable bonds is 4. The van der Waals surface area contributed by atoms with Crippen LogP contribution in [0, 0.1) is 23.5 Å². The quantitative estimate of drug-likeness (QED) is 0.795. The van der Waals surface area contributed by atoms with Crippen molar-refractivity contribution in [3.63, 3.8) is 0 Å². The molecule has 0 radical (unpaired) electrons. The highest BCUT2D eigenvalue weighted by molar-refractivity contribution is 5.19. The van der Waals surface area contributed by atoms with Crippen molar-refractivity contribution < 1.29 is 8.78 Å². The Kier molecular flexibility index (Phi) is 4.89. The molecule has 0 bridgehead atoms. The predicted molar refractivity (Wildman–Crippen MR) is 81.2 cm³/mol. The summed E-state index contributed by atoms with van der Waals surface area (Å²) in [6.45, 7) is 3.55. The zero-order valence-corrected chi connectivity index (χ0v) is 12.7. The fourth-order valence-corrected chi connectivity index (χ4v) is 3.93. The Morgan fingerprint density at radius 1 is 0.952 bits per heavy atom. The van der Waals surface area contributed by atoms with Crippen LogP contribution in [0.3, 0.4) is 0 Å². The number of likely N-dealkylation sites (tertiary alicyclic amines) is 1. The highest BCUT2D eigenvalue weighted by Crippen LogP contribution is 2.28. The molecular formula is C18H25F2N. The van der Waals surface area contributed by atoms with Crippen molar-refractivity contribution in [1.82, 2.24) is 4.90 Å². The fraction of sp³-hybridized carbons (Fsp3) is 0.667. The summed E-state index contributed by atoms with van der Waals surface area (Å²) in [5.41, 5.74) is 0.672. The van der Waals surface area contributed by atoms with Gasteiger partial charge in [0.25, 0.3) is 0 Å². The third kappa shape index (κ3) is 4.03. The first-order chi connectivity index (χ1) is 10.2. The van der Waals surface area contributed by atoms with E-state index in [0.717, 1.165) is 44.3 Å². The maximum absolute atomic E-state index is 13.7. The van der Waals surface area contributed by atoms with E-state index in [1.165, 1.54) is 38.3 Å². The van der Waals surface area contributed by atoms with E-state index in [1.807, 2.05) is 0 Å². The minimum Gasteiger partial charge on any atom is -0.303 e. The Hall–Kier alpha value is -0.960. The van der Waals surface area contributed by atoms with Gasteiger partial charge in [-0.05, 0) is 68.7 Å². The Balaban J connectivity index is 1.46. The summed E-state index contributed by atoms with van der Waals surface area (Å²) in [6.07, 6.45) is 8.66. The largest absolute Gasteiger partial charge is 0.303 e. The summed E-state index contributed by atoms with van der Waals surface area (Å²) >= 11 is 0. The van der Waals surface area contributed by atoms with Crippen LogP contribution in [0.1, 0.15) is 44.1 Å². The molecule has 3 rings (SSSR count). The van der Waals surface area contributed by atoms with Crippen LogP contribution in [0.5, 0.6) is 0 Å². The van der Waals surface area contributed by atoms with Crippen molar-refractivity contribution in [3.8, 4) is 0 Å². The molecule has 3 heteroatoms. The van der Waals surface area contributed by atoms with Crippen molar-refractivity contribution in [3.05, 3.63) is 35.4 Å². The molecule has 0 unspecified atom stereocenters. The molecule has 0 spiro atoms. The van der Waals surface area contributed by atoms with Crippen LogP contribution >= 0.6 is 0 Å². The van der Waals surface area contributed by atoms with E-state index < -0.39 is 5.82 Å². The summed E-state index contributed by atoms with van der Waals surface area (Å²) in [5, 5.41) is 0. The molecule has 0 atom stereocenters. The second kappa shape index (κ2) is 6.87. The van der Waals surface area contributed by atoms with E-state index in [2.05, 4.69) is 4.90 Å². The predicted octanol–water partition coefficient (Wildman–Crippen LogP) is 4.41. The molecule has 1 nitrogen and oxygen atoms in total. The minimum atomic E-state index is -0.484. The molecule has 1 aliphatic carbocycles. The Morgan fingerprint density at radius 3 is 2.33 bits per heavy atom. The Morgan fingerprint density at radius 2 is 1.67 bits per heavy atom. The molecule has 1 heterocycles. The standard InChI is InChI=1S/C18H25F2N/c19-17-6-5-16(18(20)12-17)11-14-7-9-21(10-8-14)13-15-3-1-2-4-15/h5-6,12,14-15H,1-4,7-11,13H2. The van der Waals surface area contributed by atoms with Crippen LogP contribution < -0.4 is 0 Å². The van der Waals surface area contributed by atoms with E-state index in [0.29, 0.717) is 11.5 Å². The van der Waals surface area contributed by atoms with E-state index in [4.69, 9.17) is 0 Å². The zero-order valence-electron chi connectivity index (χ0n) is 12.7. The third-order valence-corrected chi connectivity index (χ3v) is 5.22. The molecule has 116 valence electrons. The van der Waals surface area contributed by atoms with E-state index in [9.17, 15) is 8.78 Å². The summed E-state index contributed by atoms with van der Waals surface area (Å²) in [6, 6.07) is 3.98. The second-order valence-electron chi connectivity index (χ2n) is 6.83. The number of benzene rings is 1. The Bertz CT molecular complexity index is 460. The molecule has 1 aromatic rings. The molecule has 0 aromatic heterocycles. The number of halogens is 2. The molecule has 1 saturated carbocycles. The van der Waals surface area contributed by atoms with Crippen LogP contribution in [0.2, 0.25) is 0 Å². The summed E-state index contributed by atoms with van der Waals surface area (Å²) in [7, 11) is 0. The van der Waals surface area contributed by atoms with Crippen LogP contribution in [0.4, 0.5) is 8.78 Å². The summed E-state index contributed by atoms with van der Waals surface area (Å²) in [5.74, 6) is 0.590. The van der Waals surface area contributed by atoms with Crippen molar-refractivity contribution in [1.29, 1.82) is 0 Å². The van der Waals surface area contributed by atoms with Crippen molar-refractivity contribution in [2.45, 2.75) is 44.9 Å². The number of hydrogen-bond acceptors (Lipinski definition) is 1. The highest BCUT2D eigenvalue weighted by Gasteiger charge is 2.24. The van der Waals surface area contributed by atoms with Crippen molar-refractivity contribution in [2.24, 2.45) is 11.8 Å². The SMILES string of the molecule is Fc1ccc(CC2CCN(CC3CCCC3)CC2)c(F)c1. The first kappa shape index (κ1) is 15.0. The van der Waals surface area contributed by atoms with Gasteiger partial charge in [0.1, 0.15) is 11.6 Å². The number of hydrogen-bond donors (Lipinski definition) is 0. The van der Waals surface area contributed by atoms with Gasteiger partial charge in [-0.15, -0.1) is 0 Å². The maximum Gasteiger partial charge on any atom is 0.129 e. The van der Waals surface area contributed by atoms with Gasteiger partial charge in [0.05, 0.1) is 0 Å². The number of piperidine rings is 1. The van der Waals surface area contributed by atoms with Gasteiger partial charge in [-0.3, -0.25) is 0 Å². The zero-order chi connectivity index (χ0) is 14.7. The number of nitrogens with zero attached hydrogens (tertiary/aromatic N) is 1. The van der Waals surface area contributed by atoms with Crippen molar-refractivity contribution in [2.75, 3.05) is 19.6 Å². The summed E-state index contributed by atoms with van der Waals surface area (Å²) in [4.78, 5) is 2.59. The lowest BCUT2D eigenvalue weighted by molar-refractivity contribution is 0.160. The van der Waals surface area contributed by atoms with Gasteiger partial charge in [0.2, 0.25) is 0 Å². The first-order valence-electron chi connectivity index (χ1n) is 8.37. The van der Waals surface area contributed by atoms with E-state index in [1.54, 1.807) is 6.07 Å². The average Bonchev–Trinajstić information content (AvgIpc) is 2.97. The lowest BCUT2D eigenvalue weighted by atomic mass is 9.89. The summed E-state index contributed by atoms with van der Waals surface area (Å²) < 4.78 is 26.6. The van der Waals surface area contributed by atoms with Gasteiger partial charge in [0, 0.05) is 12.6 Å². The molecule has 1 aliphatic heterocycles. The Labute approximate surface area is 126 Å². The molecular weight excluding hydrogens is 268 g/mol. The average molecular weight is 293 g/mol. The monoisotopic (exact) mass is 293 g/mol. The topological polar surface area (TPSA) is 3.24 Å². The van der Waals surface area contributed by atoms with Gasteiger partial charge in [-0.2, -0.15) is 0 Å². The molecule has 0 amide bonds. The lowest BCUT2D eigenvalue weighted by Crippen LogP contribution is -2.37. The molecule has 0 N–H and O–H groups in total. The molecule has 1 aromatic carbocycles. The van der Waals surface area contributed by atoms with Gasteiger partial charge in [-0.1, -0.05) is 18.9 Å². The normalized spacial score (nSPS) is 22.0. The molecule has 2 aliphatic rings. The van der Waals surface area contributed by atoms with Gasteiger partial charge in [0.15, 0.2) is 0 Å². The highest BCUT2D eigenvalue weighted by atomic mass is 19.1. The van der Waals surface area contributed by atoms with Gasteiger partial charge >= 0.3 is 0 Å². The third-order valence-electron chi connectivity index (χ3n) is 5.22. The van der Waals surface area contributed by atoms with E-state index >= 15 is 0 Å². The molecule has 21 heavy (non-hydrogen) atoms. The van der Waals surface area contributed by atoms with Crippen molar-refractivity contribution >= 4 is 0 Å². The van der Waals surface area contributed by atoms with E-state index in [-0.39, 0.29) is 5.82 Å². The maximum atomic E-state index is 13.7.